The fraction of sp³-hybridized carbons (Fsp3) is 0.667. The zero-order valence-electron chi connectivity index (χ0n) is 6.17. The van der Waals surface area contributed by atoms with Gasteiger partial charge in [-0.3, -0.25) is 0 Å². The highest BCUT2D eigenvalue weighted by Crippen LogP contribution is 2.46. The standard InChI is InChI=1S/C9H11N/c1-6-2-7-3-8(5-10)9(6)4-7/h3,6-7,9H,2,4H2,1H3. The van der Waals surface area contributed by atoms with Crippen molar-refractivity contribution in [2.45, 2.75) is 19.8 Å². The molecule has 0 spiro atoms. The van der Waals surface area contributed by atoms with Gasteiger partial charge in [0.25, 0.3) is 0 Å². The zero-order valence-corrected chi connectivity index (χ0v) is 6.17. The molecule has 2 aliphatic carbocycles. The lowest BCUT2D eigenvalue weighted by molar-refractivity contribution is 0.480. The Balaban J connectivity index is 2.29. The second-order valence-electron chi connectivity index (χ2n) is 3.55. The maximum Gasteiger partial charge on any atom is 0.0946 e. The Hall–Kier alpha value is -0.770. The van der Waals surface area contributed by atoms with Gasteiger partial charge >= 0.3 is 0 Å². The first-order valence-electron chi connectivity index (χ1n) is 3.93. The third kappa shape index (κ3) is 0.623. The molecule has 3 unspecified atom stereocenters. The van der Waals surface area contributed by atoms with E-state index in [9.17, 15) is 0 Å². The van der Waals surface area contributed by atoms with Crippen LogP contribution in [-0.2, 0) is 0 Å². The molecule has 52 valence electrons. The Morgan fingerprint density at radius 2 is 2.40 bits per heavy atom. The van der Waals surface area contributed by atoms with E-state index >= 15 is 0 Å². The molecule has 1 nitrogen and oxygen atoms in total. The first-order chi connectivity index (χ1) is 4.81. The van der Waals surface area contributed by atoms with E-state index in [2.05, 4.69) is 19.1 Å². The van der Waals surface area contributed by atoms with Crippen molar-refractivity contribution in [3.8, 4) is 6.07 Å². The van der Waals surface area contributed by atoms with Crippen molar-refractivity contribution in [2.24, 2.45) is 17.8 Å². The molecule has 2 aliphatic rings. The molecule has 2 bridgehead atoms. The summed E-state index contributed by atoms with van der Waals surface area (Å²) in [5.74, 6) is 2.13. The number of fused-ring (bicyclic) bond motifs is 2. The Bertz CT molecular complexity index is 221. The first kappa shape index (κ1) is 5.97. The highest BCUT2D eigenvalue weighted by Gasteiger charge is 2.38. The zero-order chi connectivity index (χ0) is 7.14. The summed E-state index contributed by atoms with van der Waals surface area (Å²) in [7, 11) is 0. The van der Waals surface area contributed by atoms with Gasteiger partial charge in [0.15, 0.2) is 0 Å². The van der Waals surface area contributed by atoms with Gasteiger partial charge in [-0.15, -0.1) is 0 Å². The number of allylic oxidation sites excluding steroid dienone is 2. The van der Waals surface area contributed by atoms with E-state index < -0.39 is 0 Å². The number of nitriles is 1. The maximum atomic E-state index is 8.69. The van der Waals surface area contributed by atoms with Crippen LogP contribution in [0.25, 0.3) is 0 Å². The minimum absolute atomic E-state index is 0.620. The largest absolute Gasteiger partial charge is 0.193 e. The molecule has 1 saturated carbocycles. The summed E-state index contributed by atoms with van der Waals surface area (Å²) in [5, 5.41) is 8.69. The van der Waals surface area contributed by atoms with Crippen molar-refractivity contribution >= 4 is 0 Å². The molecular formula is C9H11N. The van der Waals surface area contributed by atoms with E-state index in [-0.39, 0.29) is 0 Å². The second kappa shape index (κ2) is 1.85. The highest BCUT2D eigenvalue weighted by atomic mass is 14.4. The van der Waals surface area contributed by atoms with Crippen LogP contribution in [-0.4, -0.2) is 0 Å². The van der Waals surface area contributed by atoms with Crippen LogP contribution in [0.4, 0.5) is 0 Å². The molecule has 0 radical (unpaired) electrons. The smallest absolute Gasteiger partial charge is 0.0946 e. The first-order valence-corrected chi connectivity index (χ1v) is 3.93. The van der Waals surface area contributed by atoms with Crippen molar-refractivity contribution < 1.29 is 0 Å². The third-order valence-corrected chi connectivity index (χ3v) is 2.86. The Morgan fingerprint density at radius 3 is 2.80 bits per heavy atom. The number of hydrogen-bond donors (Lipinski definition) is 0. The average molecular weight is 133 g/mol. The van der Waals surface area contributed by atoms with E-state index in [1.165, 1.54) is 12.8 Å². The van der Waals surface area contributed by atoms with Gasteiger partial charge < -0.3 is 0 Å². The van der Waals surface area contributed by atoms with E-state index in [1.54, 1.807) is 0 Å². The lowest BCUT2D eigenvalue weighted by Gasteiger charge is -2.13. The van der Waals surface area contributed by atoms with Crippen LogP contribution in [0.2, 0.25) is 0 Å². The SMILES string of the molecule is CC1CC2C=C(C#N)C1C2. The van der Waals surface area contributed by atoms with Gasteiger partial charge in [-0.2, -0.15) is 5.26 Å². The normalized spacial score (nSPS) is 43.2. The predicted molar refractivity (Wildman–Crippen MR) is 39.1 cm³/mol. The van der Waals surface area contributed by atoms with Gasteiger partial charge in [0.2, 0.25) is 0 Å². The van der Waals surface area contributed by atoms with Crippen molar-refractivity contribution in [3.05, 3.63) is 11.6 Å². The van der Waals surface area contributed by atoms with E-state index in [4.69, 9.17) is 5.26 Å². The quantitative estimate of drug-likeness (QED) is 0.496. The lowest BCUT2D eigenvalue weighted by atomic mass is 9.90. The molecule has 0 amide bonds. The summed E-state index contributed by atoms with van der Waals surface area (Å²) >= 11 is 0. The number of rotatable bonds is 0. The fourth-order valence-electron chi connectivity index (χ4n) is 2.36. The Kier molecular flexibility index (Phi) is 1.11. The summed E-state index contributed by atoms with van der Waals surface area (Å²) in [5.41, 5.74) is 1.06. The van der Waals surface area contributed by atoms with Crippen LogP contribution >= 0.6 is 0 Å². The highest BCUT2D eigenvalue weighted by molar-refractivity contribution is 5.32. The molecule has 0 aromatic heterocycles. The van der Waals surface area contributed by atoms with Crippen LogP contribution in [0.15, 0.2) is 11.6 Å². The van der Waals surface area contributed by atoms with Gasteiger partial charge in [-0.1, -0.05) is 13.0 Å². The van der Waals surface area contributed by atoms with E-state index in [1.807, 2.05) is 0 Å². The lowest BCUT2D eigenvalue weighted by Crippen LogP contribution is -2.06. The van der Waals surface area contributed by atoms with Crippen LogP contribution in [0.1, 0.15) is 19.8 Å². The molecule has 0 aliphatic heterocycles. The molecule has 10 heavy (non-hydrogen) atoms. The predicted octanol–water partition coefficient (Wildman–Crippen LogP) is 2.11. The van der Waals surface area contributed by atoms with Crippen molar-refractivity contribution in [1.82, 2.24) is 0 Å². The molecule has 1 fully saturated rings. The summed E-state index contributed by atoms with van der Waals surface area (Å²) in [4.78, 5) is 0. The molecular weight excluding hydrogens is 122 g/mol. The molecule has 0 aromatic carbocycles. The van der Waals surface area contributed by atoms with E-state index in [0.29, 0.717) is 5.92 Å². The second-order valence-corrected chi connectivity index (χ2v) is 3.55. The summed E-state index contributed by atoms with van der Waals surface area (Å²) in [6.07, 6.45) is 4.74. The van der Waals surface area contributed by atoms with Gasteiger partial charge in [0, 0.05) is 5.57 Å². The fourth-order valence-corrected chi connectivity index (χ4v) is 2.36. The molecule has 0 aromatic rings. The topological polar surface area (TPSA) is 23.8 Å². The molecule has 1 heteroatoms. The Morgan fingerprint density at radius 1 is 1.60 bits per heavy atom. The molecule has 3 atom stereocenters. The molecule has 0 N–H and O–H groups in total. The van der Waals surface area contributed by atoms with Gasteiger partial charge in [-0.05, 0) is 30.6 Å². The Labute approximate surface area is 61.4 Å². The molecule has 2 rings (SSSR count). The minimum atomic E-state index is 0.620. The van der Waals surface area contributed by atoms with Crippen LogP contribution in [0.3, 0.4) is 0 Å². The molecule has 0 heterocycles. The van der Waals surface area contributed by atoms with Crippen molar-refractivity contribution in [3.63, 3.8) is 0 Å². The molecule has 0 saturated heterocycles. The monoisotopic (exact) mass is 133 g/mol. The van der Waals surface area contributed by atoms with Crippen LogP contribution < -0.4 is 0 Å². The third-order valence-electron chi connectivity index (χ3n) is 2.86. The summed E-state index contributed by atoms with van der Waals surface area (Å²) in [6.45, 7) is 2.26. The maximum absolute atomic E-state index is 8.69. The van der Waals surface area contributed by atoms with Crippen molar-refractivity contribution in [1.29, 1.82) is 5.26 Å². The van der Waals surface area contributed by atoms with Crippen LogP contribution in [0.5, 0.6) is 0 Å². The summed E-state index contributed by atoms with van der Waals surface area (Å²) < 4.78 is 0. The van der Waals surface area contributed by atoms with Crippen molar-refractivity contribution in [2.75, 3.05) is 0 Å². The van der Waals surface area contributed by atoms with Gasteiger partial charge in [-0.25, -0.2) is 0 Å². The summed E-state index contributed by atoms with van der Waals surface area (Å²) in [6, 6.07) is 2.29. The number of hydrogen-bond acceptors (Lipinski definition) is 1. The van der Waals surface area contributed by atoms with E-state index in [0.717, 1.165) is 17.4 Å². The van der Waals surface area contributed by atoms with Gasteiger partial charge in [0.1, 0.15) is 0 Å². The van der Waals surface area contributed by atoms with Gasteiger partial charge in [0.05, 0.1) is 6.07 Å². The number of nitrogens with zero attached hydrogens (tertiary/aromatic N) is 1. The average Bonchev–Trinajstić information content (AvgIpc) is 2.44. The minimum Gasteiger partial charge on any atom is -0.193 e. The van der Waals surface area contributed by atoms with Crippen LogP contribution in [0, 0.1) is 29.1 Å².